The van der Waals surface area contributed by atoms with Crippen LogP contribution in [0.15, 0.2) is 72.2 Å². The lowest BCUT2D eigenvalue weighted by molar-refractivity contribution is 0.382. The van der Waals surface area contributed by atoms with Crippen molar-refractivity contribution in [2.75, 3.05) is 26.2 Å². The molecule has 0 spiro atoms. The predicted molar refractivity (Wildman–Crippen MR) is 150 cm³/mol. The van der Waals surface area contributed by atoms with Crippen LogP contribution in [0, 0.1) is 0 Å². The van der Waals surface area contributed by atoms with Crippen LogP contribution in [0.5, 0.6) is 0 Å². The minimum absolute atomic E-state index is 1.09. The largest absolute Gasteiger partial charge is 0.373 e. The van der Waals surface area contributed by atoms with Crippen LogP contribution in [0.1, 0.15) is 103 Å². The molecule has 0 saturated carbocycles. The molecule has 188 valence electrons. The second-order valence-electron chi connectivity index (χ2n) is 10.4. The third-order valence-corrected chi connectivity index (χ3v) is 7.25. The average Bonchev–Trinajstić information content (AvgIpc) is 2.86. The van der Waals surface area contributed by atoms with Crippen LogP contribution in [0.4, 0.5) is 0 Å². The van der Waals surface area contributed by atoms with Gasteiger partial charge in [0, 0.05) is 32.4 Å². The Morgan fingerprint density at radius 1 is 0.559 bits per heavy atom. The van der Waals surface area contributed by atoms with Gasteiger partial charge >= 0.3 is 0 Å². The van der Waals surface area contributed by atoms with E-state index in [-0.39, 0.29) is 0 Å². The minimum atomic E-state index is 1.09. The zero-order valence-corrected chi connectivity index (χ0v) is 21.8. The molecule has 3 aliphatic heterocycles. The average molecular weight is 463 g/mol. The van der Waals surface area contributed by atoms with Crippen LogP contribution >= 0.6 is 0 Å². The van der Waals surface area contributed by atoms with E-state index < -0.39 is 0 Å². The van der Waals surface area contributed by atoms with E-state index in [2.05, 4.69) is 70.8 Å². The molecule has 34 heavy (non-hydrogen) atoms. The van der Waals surface area contributed by atoms with Gasteiger partial charge in [0.05, 0.1) is 0 Å². The first-order chi connectivity index (χ1) is 16.9. The third kappa shape index (κ3) is 12.0. The summed E-state index contributed by atoms with van der Waals surface area (Å²) in [5, 5.41) is 0. The molecule has 0 unspecified atom stereocenters. The zero-order valence-electron chi connectivity index (χ0n) is 21.8. The molecule has 0 atom stereocenters. The Morgan fingerprint density at radius 2 is 1.18 bits per heavy atom. The molecule has 3 rings (SSSR count). The van der Waals surface area contributed by atoms with Gasteiger partial charge in [-0.3, -0.25) is 0 Å². The number of nitrogens with zero attached hydrogens (tertiary/aromatic N) is 2. The maximum absolute atomic E-state index is 2.51. The lowest BCUT2D eigenvalue weighted by atomic mass is 10.1. The highest BCUT2D eigenvalue weighted by Crippen LogP contribution is 2.17. The molecular weight excluding hydrogens is 412 g/mol. The fourth-order valence-electron chi connectivity index (χ4n) is 5.16. The van der Waals surface area contributed by atoms with Gasteiger partial charge in [0.15, 0.2) is 0 Å². The van der Waals surface area contributed by atoms with Crippen molar-refractivity contribution in [3.8, 4) is 0 Å². The van der Waals surface area contributed by atoms with Gasteiger partial charge in [-0.1, -0.05) is 93.9 Å². The van der Waals surface area contributed by atoms with Gasteiger partial charge in [-0.15, -0.1) is 0 Å². The van der Waals surface area contributed by atoms with Crippen LogP contribution < -0.4 is 0 Å². The van der Waals surface area contributed by atoms with E-state index in [1.165, 1.54) is 109 Å². The van der Waals surface area contributed by atoms with Crippen molar-refractivity contribution in [1.82, 2.24) is 9.80 Å². The molecule has 0 aromatic heterocycles. The van der Waals surface area contributed by atoms with Crippen LogP contribution in [0.2, 0.25) is 0 Å². The highest BCUT2D eigenvalue weighted by molar-refractivity contribution is 5.24. The van der Waals surface area contributed by atoms with Gasteiger partial charge in [0.25, 0.3) is 0 Å². The Hall–Kier alpha value is -1.96. The molecule has 0 amide bonds. The summed E-state index contributed by atoms with van der Waals surface area (Å²) in [7, 11) is 0. The number of fused-ring (bicyclic) bond motifs is 3. The fourth-order valence-corrected chi connectivity index (χ4v) is 5.16. The summed E-state index contributed by atoms with van der Waals surface area (Å²) in [6, 6.07) is 0. The summed E-state index contributed by atoms with van der Waals surface area (Å²) < 4.78 is 0. The molecule has 0 fully saturated rings. The normalized spacial score (nSPS) is 23.1. The molecule has 3 heterocycles. The molecule has 2 nitrogen and oxygen atoms in total. The van der Waals surface area contributed by atoms with Crippen molar-refractivity contribution in [3.05, 3.63) is 72.2 Å². The standard InChI is InChI=1S/C32H50N2/c1-3-7-11-15-21-31-23-19-28-34(29-31)26-18-14-10-6-2-4-8-12-16-22-32-24-20-27-33(30-32)25-17-13-9-5-1/h11-12,15-16,19-20,23-24,27,29H,1-10,13-14,17-18,21-22,25-26,28,30H2. The molecule has 0 aromatic rings. The van der Waals surface area contributed by atoms with E-state index in [0.29, 0.717) is 0 Å². The van der Waals surface area contributed by atoms with Crippen molar-refractivity contribution < 1.29 is 0 Å². The number of hydrogen-bond donors (Lipinski definition) is 0. The Balaban J connectivity index is 1.39. The van der Waals surface area contributed by atoms with Crippen LogP contribution in [-0.4, -0.2) is 36.0 Å². The monoisotopic (exact) mass is 462 g/mol. The Kier molecular flexibility index (Phi) is 13.7. The molecule has 4 bridgehead atoms. The smallest absolute Gasteiger partial charge is 0.0389 e. The van der Waals surface area contributed by atoms with E-state index in [1.807, 2.05) is 0 Å². The Bertz CT molecular complexity index is 721. The van der Waals surface area contributed by atoms with Gasteiger partial charge in [-0.2, -0.15) is 0 Å². The van der Waals surface area contributed by atoms with Gasteiger partial charge in [0.2, 0.25) is 0 Å². The number of allylic oxidation sites excluding steroid dienone is 8. The van der Waals surface area contributed by atoms with Gasteiger partial charge in [-0.25, -0.2) is 0 Å². The lowest BCUT2D eigenvalue weighted by Crippen LogP contribution is -2.23. The van der Waals surface area contributed by atoms with Crippen molar-refractivity contribution in [3.63, 3.8) is 0 Å². The van der Waals surface area contributed by atoms with Gasteiger partial charge in [0.1, 0.15) is 0 Å². The zero-order chi connectivity index (χ0) is 23.5. The topological polar surface area (TPSA) is 6.48 Å². The number of rotatable bonds is 0. The predicted octanol–water partition coefficient (Wildman–Crippen LogP) is 8.87. The summed E-state index contributed by atoms with van der Waals surface area (Å²) in [6.45, 7) is 4.63. The molecule has 0 N–H and O–H groups in total. The van der Waals surface area contributed by atoms with Crippen molar-refractivity contribution in [2.24, 2.45) is 0 Å². The molecule has 0 aliphatic carbocycles. The Morgan fingerprint density at radius 3 is 1.91 bits per heavy atom. The molecular formula is C32H50N2. The van der Waals surface area contributed by atoms with Crippen molar-refractivity contribution in [2.45, 2.75) is 103 Å². The first kappa shape index (κ1) is 26.6. The van der Waals surface area contributed by atoms with E-state index in [4.69, 9.17) is 0 Å². The van der Waals surface area contributed by atoms with Crippen molar-refractivity contribution >= 4 is 0 Å². The third-order valence-electron chi connectivity index (χ3n) is 7.25. The summed E-state index contributed by atoms with van der Waals surface area (Å²) in [4.78, 5) is 5.03. The highest BCUT2D eigenvalue weighted by Gasteiger charge is 2.06. The van der Waals surface area contributed by atoms with Crippen LogP contribution in [0.3, 0.4) is 0 Å². The second-order valence-corrected chi connectivity index (χ2v) is 10.4. The van der Waals surface area contributed by atoms with Crippen LogP contribution in [-0.2, 0) is 0 Å². The summed E-state index contributed by atoms with van der Waals surface area (Å²) in [5.74, 6) is 0. The van der Waals surface area contributed by atoms with Crippen LogP contribution in [0.25, 0.3) is 0 Å². The molecule has 2 heteroatoms. The first-order valence-corrected chi connectivity index (χ1v) is 14.4. The van der Waals surface area contributed by atoms with Gasteiger partial charge in [-0.05, 0) is 74.8 Å². The lowest BCUT2D eigenvalue weighted by Gasteiger charge is -2.24. The summed E-state index contributed by atoms with van der Waals surface area (Å²) >= 11 is 0. The van der Waals surface area contributed by atoms with E-state index in [9.17, 15) is 0 Å². The first-order valence-electron chi connectivity index (χ1n) is 14.4. The molecule has 0 radical (unpaired) electrons. The maximum Gasteiger partial charge on any atom is 0.0389 e. The van der Waals surface area contributed by atoms with E-state index in [0.717, 1.165) is 25.9 Å². The fraction of sp³-hybridized carbons (Fsp3) is 0.625. The van der Waals surface area contributed by atoms with Crippen molar-refractivity contribution in [1.29, 1.82) is 0 Å². The van der Waals surface area contributed by atoms with Gasteiger partial charge < -0.3 is 9.80 Å². The number of hydrogen-bond acceptors (Lipinski definition) is 2. The van der Waals surface area contributed by atoms with E-state index in [1.54, 1.807) is 5.57 Å². The summed E-state index contributed by atoms with van der Waals surface area (Å²) in [5.41, 5.74) is 3.03. The minimum Gasteiger partial charge on any atom is -0.373 e. The molecule has 0 aromatic carbocycles. The molecule has 0 saturated heterocycles. The maximum atomic E-state index is 2.51. The summed E-state index contributed by atoms with van der Waals surface area (Å²) in [6.07, 6.45) is 44.6. The Labute approximate surface area is 210 Å². The van der Waals surface area contributed by atoms with E-state index >= 15 is 0 Å². The molecule has 3 aliphatic rings. The highest BCUT2D eigenvalue weighted by atomic mass is 15.1. The SMILES string of the molecule is C1=CN2CCCCCCCCC=CCC3=CN(CC=C3)CCCCCCCCC=CCC(=C1)C2. The second kappa shape index (κ2) is 17.5. The quantitative estimate of drug-likeness (QED) is 0.332.